The Morgan fingerprint density at radius 1 is 1.38 bits per heavy atom. The minimum absolute atomic E-state index is 0.0405. The van der Waals surface area contributed by atoms with Crippen molar-refractivity contribution in [3.05, 3.63) is 23.5 Å². The predicted octanol–water partition coefficient (Wildman–Crippen LogP) is 3.30. The molecular formula is C16H21F3N6O. The predicted molar refractivity (Wildman–Crippen MR) is 90.5 cm³/mol. The number of hydrogen-bond donors (Lipinski definition) is 2. The molecule has 0 aromatic carbocycles. The number of aryl methyl sites for hydroxylation is 1. The molecule has 0 amide bonds. The van der Waals surface area contributed by atoms with Gasteiger partial charge in [-0.15, -0.1) is 0 Å². The fraction of sp³-hybridized carbons (Fsp3) is 0.562. The molecule has 0 bridgehead atoms. The third-order valence-corrected chi connectivity index (χ3v) is 4.05. The molecule has 0 aliphatic carbocycles. The highest BCUT2D eigenvalue weighted by Gasteiger charge is 2.35. The highest BCUT2D eigenvalue weighted by Crippen LogP contribution is 2.34. The van der Waals surface area contributed by atoms with Gasteiger partial charge in [0.25, 0.3) is 0 Å². The van der Waals surface area contributed by atoms with E-state index in [1.165, 1.54) is 0 Å². The Bertz CT molecular complexity index is 849. The highest BCUT2D eigenvalue weighted by atomic mass is 19.4. The highest BCUT2D eigenvalue weighted by molar-refractivity contribution is 5.54. The first-order chi connectivity index (χ1) is 13.6. The Hall–Kier alpha value is -2.36. The van der Waals surface area contributed by atoms with E-state index in [4.69, 9.17) is 8.85 Å². The van der Waals surface area contributed by atoms with Crippen LogP contribution in [0.1, 0.15) is 41.1 Å². The molecule has 26 heavy (non-hydrogen) atoms. The van der Waals surface area contributed by atoms with Gasteiger partial charge in [-0.2, -0.15) is 23.3 Å². The van der Waals surface area contributed by atoms with Gasteiger partial charge in [0, 0.05) is 49.0 Å². The molecule has 7 nitrogen and oxygen atoms in total. The van der Waals surface area contributed by atoms with Gasteiger partial charge in [-0.25, -0.2) is 4.98 Å². The number of anilines is 3. The van der Waals surface area contributed by atoms with Crippen LogP contribution >= 0.6 is 0 Å². The SMILES string of the molecule is [2H]C([2H])([2H])n1nc(C2CCOCC2)cc1Nc1ncc(C(F)(F)F)c(NCC)n1. The number of aromatic nitrogens is 4. The average molecular weight is 373 g/mol. The van der Waals surface area contributed by atoms with Crippen LogP contribution in [0.2, 0.25) is 0 Å². The van der Waals surface area contributed by atoms with E-state index in [-0.39, 0.29) is 30.0 Å². The van der Waals surface area contributed by atoms with Crippen molar-refractivity contribution >= 4 is 17.6 Å². The van der Waals surface area contributed by atoms with E-state index in [2.05, 4.69) is 25.7 Å². The Kier molecular flexibility index (Phi) is 4.25. The van der Waals surface area contributed by atoms with Crippen LogP contribution in [0, 0.1) is 0 Å². The minimum Gasteiger partial charge on any atom is -0.381 e. The molecule has 10 heteroatoms. The van der Waals surface area contributed by atoms with Crippen LogP contribution in [-0.4, -0.2) is 39.5 Å². The number of alkyl halides is 3. The van der Waals surface area contributed by atoms with Crippen molar-refractivity contribution in [2.24, 2.45) is 6.98 Å². The maximum absolute atomic E-state index is 13.1. The lowest BCUT2D eigenvalue weighted by molar-refractivity contribution is -0.137. The van der Waals surface area contributed by atoms with Gasteiger partial charge < -0.3 is 15.4 Å². The van der Waals surface area contributed by atoms with Gasteiger partial charge in [0.15, 0.2) is 0 Å². The van der Waals surface area contributed by atoms with Gasteiger partial charge in [0.2, 0.25) is 5.95 Å². The zero-order chi connectivity index (χ0) is 21.2. The molecule has 0 radical (unpaired) electrons. The van der Waals surface area contributed by atoms with Crippen LogP contribution in [0.5, 0.6) is 0 Å². The standard InChI is InChI=1S/C16H21F3N6O/c1-3-20-14-11(16(17,18)19)9-21-15(23-14)22-13-8-12(24-25(13)2)10-4-6-26-7-5-10/h8-10H,3-7H2,1-2H3,(H2,20,21,22,23)/i2D3. The summed E-state index contributed by atoms with van der Waals surface area (Å²) in [5, 5.41) is 9.45. The van der Waals surface area contributed by atoms with Crippen molar-refractivity contribution in [1.82, 2.24) is 19.7 Å². The number of rotatable bonds is 5. The normalized spacial score (nSPS) is 18.1. The van der Waals surface area contributed by atoms with E-state index in [1.54, 1.807) is 13.0 Å². The molecule has 2 N–H and O–H groups in total. The summed E-state index contributed by atoms with van der Waals surface area (Å²) in [6.07, 6.45) is -2.55. The van der Waals surface area contributed by atoms with E-state index in [0.717, 1.165) is 4.68 Å². The minimum atomic E-state index is -4.62. The summed E-state index contributed by atoms with van der Waals surface area (Å²) in [4.78, 5) is 7.57. The third-order valence-electron chi connectivity index (χ3n) is 4.05. The number of nitrogens with zero attached hydrogens (tertiary/aromatic N) is 4. The van der Waals surface area contributed by atoms with Crippen LogP contribution < -0.4 is 10.6 Å². The largest absolute Gasteiger partial charge is 0.421 e. The lowest BCUT2D eigenvalue weighted by Gasteiger charge is -2.19. The monoisotopic (exact) mass is 373 g/mol. The molecule has 3 heterocycles. The van der Waals surface area contributed by atoms with Crippen molar-refractivity contribution in [1.29, 1.82) is 0 Å². The molecule has 0 saturated carbocycles. The second-order valence-corrected chi connectivity index (χ2v) is 5.86. The van der Waals surface area contributed by atoms with Crippen LogP contribution in [0.3, 0.4) is 0 Å². The second-order valence-electron chi connectivity index (χ2n) is 5.86. The lowest BCUT2D eigenvalue weighted by atomic mass is 9.97. The first-order valence-electron chi connectivity index (χ1n) is 9.73. The summed E-state index contributed by atoms with van der Waals surface area (Å²) in [6.45, 7) is 0.395. The maximum Gasteiger partial charge on any atom is 0.421 e. The third kappa shape index (κ3) is 4.06. The summed E-state index contributed by atoms with van der Waals surface area (Å²) in [7, 11) is 0. The van der Waals surface area contributed by atoms with Gasteiger partial charge in [0.1, 0.15) is 17.2 Å². The van der Waals surface area contributed by atoms with Crippen molar-refractivity contribution < 1.29 is 22.0 Å². The molecule has 2 aromatic rings. The molecule has 2 aromatic heterocycles. The number of nitrogens with one attached hydrogen (secondary N) is 2. The summed E-state index contributed by atoms with van der Waals surface area (Å²) < 4.78 is 68.6. The zero-order valence-corrected chi connectivity index (χ0v) is 14.1. The lowest BCUT2D eigenvalue weighted by Crippen LogP contribution is -2.14. The van der Waals surface area contributed by atoms with E-state index in [0.29, 0.717) is 37.9 Å². The smallest absolute Gasteiger partial charge is 0.381 e. The molecule has 1 aliphatic heterocycles. The first-order valence-corrected chi connectivity index (χ1v) is 8.23. The van der Waals surface area contributed by atoms with Crippen LogP contribution in [-0.2, 0) is 17.9 Å². The Morgan fingerprint density at radius 3 is 2.81 bits per heavy atom. The summed E-state index contributed by atoms with van der Waals surface area (Å²) in [6, 6.07) is 1.57. The topological polar surface area (TPSA) is 76.9 Å². The number of hydrogen-bond acceptors (Lipinski definition) is 6. The fourth-order valence-corrected chi connectivity index (χ4v) is 2.75. The Morgan fingerprint density at radius 2 is 2.15 bits per heavy atom. The van der Waals surface area contributed by atoms with Gasteiger partial charge in [0.05, 0.1) is 5.69 Å². The van der Waals surface area contributed by atoms with Crippen LogP contribution in [0.15, 0.2) is 12.3 Å². The van der Waals surface area contributed by atoms with E-state index in [9.17, 15) is 13.2 Å². The van der Waals surface area contributed by atoms with Crippen molar-refractivity contribution in [2.45, 2.75) is 31.9 Å². The molecule has 3 rings (SSSR count). The molecule has 0 unspecified atom stereocenters. The molecule has 0 atom stereocenters. The van der Waals surface area contributed by atoms with E-state index in [1.807, 2.05) is 0 Å². The molecule has 0 spiro atoms. The molecule has 142 valence electrons. The van der Waals surface area contributed by atoms with Gasteiger partial charge in [-0.05, 0) is 19.8 Å². The quantitative estimate of drug-likeness (QED) is 0.838. The second kappa shape index (κ2) is 7.48. The van der Waals surface area contributed by atoms with Crippen LogP contribution in [0.4, 0.5) is 30.8 Å². The fourth-order valence-electron chi connectivity index (χ4n) is 2.75. The van der Waals surface area contributed by atoms with Crippen molar-refractivity contribution in [3.63, 3.8) is 0 Å². The molecule has 1 saturated heterocycles. The number of halogens is 3. The van der Waals surface area contributed by atoms with Gasteiger partial charge >= 0.3 is 6.18 Å². The van der Waals surface area contributed by atoms with Crippen molar-refractivity contribution in [3.8, 4) is 0 Å². The Labute approximate surface area is 153 Å². The molecule has 1 fully saturated rings. The summed E-state index contributed by atoms with van der Waals surface area (Å²) in [5.41, 5.74) is -0.428. The average Bonchev–Trinajstić information content (AvgIpc) is 3.06. The maximum atomic E-state index is 13.1. The zero-order valence-electron chi connectivity index (χ0n) is 17.1. The summed E-state index contributed by atoms with van der Waals surface area (Å²) >= 11 is 0. The first kappa shape index (κ1) is 14.8. The van der Waals surface area contributed by atoms with Crippen LogP contribution in [0.25, 0.3) is 0 Å². The van der Waals surface area contributed by atoms with E-state index < -0.39 is 18.7 Å². The number of ether oxygens (including phenoxy) is 1. The van der Waals surface area contributed by atoms with Gasteiger partial charge in [-0.3, -0.25) is 4.68 Å². The Balaban J connectivity index is 1.94. The van der Waals surface area contributed by atoms with Gasteiger partial charge in [-0.1, -0.05) is 0 Å². The van der Waals surface area contributed by atoms with E-state index >= 15 is 0 Å². The molecular weight excluding hydrogens is 349 g/mol. The van der Waals surface area contributed by atoms with Crippen molar-refractivity contribution in [2.75, 3.05) is 30.4 Å². The molecule has 1 aliphatic rings. The summed E-state index contributed by atoms with van der Waals surface area (Å²) in [5.74, 6) is -0.438.